The van der Waals surface area contributed by atoms with Crippen LogP contribution in [-0.4, -0.2) is 12.1 Å². The molecule has 0 aliphatic carbocycles. The summed E-state index contributed by atoms with van der Waals surface area (Å²) in [6.45, 7) is 3.35. The summed E-state index contributed by atoms with van der Waals surface area (Å²) in [5.41, 5.74) is 2.21. The number of benzene rings is 1. The molecule has 0 aliphatic rings. The van der Waals surface area contributed by atoms with Crippen LogP contribution in [-0.2, 0) is 0 Å². The molecule has 2 rings (SSSR count). The highest BCUT2D eigenvalue weighted by Gasteiger charge is 2.12. The van der Waals surface area contributed by atoms with Gasteiger partial charge < -0.3 is 4.42 Å². The quantitative estimate of drug-likeness (QED) is 0.693. The Morgan fingerprint density at radius 1 is 1.30 bits per heavy atom. The second-order valence-electron chi connectivity index (χ2n) is 4.16. The van der Waals surface area contributed by atoms with E-state index in [2.05, 4.69) is 10.5 Å². The molecule has 104 valence electrons. The average molecular weight is 278 g/mol. The molecule has 1 aromatic heterocycles. The monoisotopic (exact) mass is 278 g/mol. The van der Waals surface area contributed by atoms with Crippen molar-refractivity contribution >= 4 is 12.1 Å². The Labute approximate surface area is 114 Å². The number of carbonyl (C=O) groups excluding carboxylic acids is 1. The predicted octanol–water partition coefficient (Wildman–Crippen LogP) is 2.94. The number of carbonyl (C=O) groups is 1. The van der Waals surface area contributed by atoms with Gasteiger partial charge >= 0.3 is 0 Å². The molecule has 0 bridgehead atoms. The topological polar surface area (TPSA) is 54.6 Å². The lowest BCUT2D eigenvalue weighted by molar-refractivity contribution is 0.0953. The van der Waals surface area contributed by atoms with Crippen LogP contribution < -0.4 is 5.43 Å². The van der Waals surface area contributed by atoms with Gasteiger partial charge in [-0.25, -0.2) is 14.2 Å². The van der Waals surface area contributed by atoms with Crippen LogP contribution in [0.2, 0.25) is 0 Å². The summed E-state index contributed by atoms with van der Waals surface area (Å²) in [6, 6.07) is 5.02. The van der Waals surface area contributed by atoms with Gasteiger partial charge in [-0.3, -0.25) is 4.79 Å². The van der Waals surface area contributed by atoms with Gasteiger partial charge in [0.25, 0.3) is 5.91 Å². The average Bonchev–Trinajstić information content (AvgIpc) is 2.72. The zero-order valence-corrected chi connectivity index (χ0v) is 10.9. The lowest BCUT2D eigenvalue weighted by Crippen LogP contribution is -2.18. The highest BCUT2D eigenvalue weighted by molar-refractivity contribution is 5.95. The molecule has 0 atom stereocenters. The van der Waals surface area contributed by atoms with Crippen molar-refractivity contribution in [1.82, 2.24) is 5.43 Å². The number of nitrogens with zero attached hydrogens (tertiary/aromatic N) is 1. The fourth-order valence-corrected chi connectivity index (χ4v) is 1.71. The van der Waals surface area contributed by atoms with E-state index in [-0.39, 0.29) is 5.56 Å². The van der Waals surface area contributed by atoms with Crippen molar-refractivity contribution in [2.45, 2.75) is 13.8 Å². The molecule has 0 saturated carbocycles. The molecule has 4 nitrogen and oxygen atoms in total. The first kappa shape index (κ1) is 13.9. The zero-order chi connectivity index (χ0) is 14.7. The molecule has 0 fully saturated rings. The summed E-state index contributed by atoms with van der Waals surface area (Å²) in [7, 11) is 0. The van der Waals surface area contributed by atoms with Gasteiger partial charge in [0.05, 0.1) is 17.3 Å². The van der Waals surface area contributed by atoms with Crippen LogP contribution in [0.4, 0.5) is 8.78 Å². The number of aryl methyl sites for hydroxylation is 2. The van der Waals surface area contributed by atoms with Crippen LogP contribution >= 0.6 is 0 Å². The van der Waals surface area contributed by atoms with Crippen molar-refractivity contribution in [3.8, 4) is 0 Å². The molecule has 0 radical (unpaired) electrons. The van der Waals surface area contributed by atoms with E-state index in [1.54, 1.807) is 19.9 Å². The minimum Gasteiger partial charge on any atom is -0.466 e. The molecule has 1 N–H and O–H groups in total. The fourth-order valence-electron chi connectivity index (χ4n) is 1.71. The Kier molecular flexibility index (Phi) is 3.93. The van der Waals surface area contributed by atoms with E-state index < -0.39 is 17.5 Å². The summed E-state index contributed by atoms with van der Waals surface area (Å²) < 4.78 is 31.8. The van der Waals surface area contributed by atoms with Crippen LogP contribution in [0.5, 0.6) is 0 Å². The Balaban J connectivity index is 2.11. The molecule has 20 heavy (non-hydrogen) atoms. The number of hydrogen-bond acceptors (Lipinski definition) is 3. The predicted molar refractivity (Wildman–Crippen MR) is 69.6 cm³/mol. The second kappa shape index (κ2) is 5.64. The first-order valence-electron chi connectivity index (χ1n) is 5.83. The number of furan rings is 1. The third-order valence-electron chi connectivity index (χ3n) is 2.65. The van der Waals surface area contributed by atoms with E-state index in [4.69, 9.17) is 4.42 Å². The van der Waals surface area contributed by atoms with E-state index in [1.807, 2.05) is 0 Å². The first-order chi connectivity index (χ1) is 9.49. The summed E-state index contributed by atoms with van der Waals surface area (Å²) in [6.07, 6.45) is 0.921. The molecule has 2 aromatic rings. The minimum absolute atomic E-state index is 0.312. The lowest BCUT2D eigenvalue weighted by atomic mass is 10.2. The Hall–Kier alpha value is -2.50. The summed E-state index contributed by atoms with van der Waals surface area (Å²) in [5, 5.41) is 3.54. The number of rotatable bonds is 3. The number of amides is 1. The van der Waals surface area contributed by atoms with Gasteiger partial charge in [-0.05, 0) is 32.0 Å². The third-order valence-corrected chi connectivity index (χ3v) is 2.65. The van der Waals surface area contributed by atoms with Crippen molar-refractivity contribution in [1.29, 1.82) is 0 Å². The maximum absolute atomic E-state index is 13.3. The third kappa shape index (κ3) is 2.90. The summed E-state index contributed by atoms with van der Waals surface area (Å²) >= 11 is 0. The minimum atomic E-state index is -0.752. The highest BCUT2D eigenvalue weighted by atomic mass is 19.1. The second-order valence-corrected chi connectivity index (χ2v) is 4.16. The largest absolute Gasteiger partial charge is 0.466 e. The van der Waals surface area contributed by atoms with Crippen LogP contribution in [0.1, 0.15) is 27.4 Å². The van der Waals surface area contributed by atoms with E-state index in [0.717, 1.165) is 18.3 Å². The standard InChI is InChI=1S/C14H12F2N2O2/c1-8-6-10(9(2)20-8)14(19)18-17-7-11-12(15)4-3-5-13(11)16/h3-7H,1-2H3,(H,18,19)/b17-7-. The van der Waals surface area contributed by atoms with E-state index in [9.17, 15) is 13.6 Å². The molecule has 1 heterocycles. The first-order valence-corrected chi connectivity index (χ1v) is 5.83. The number of nitrogens with one attached hydrogen (secondary N) is 1. The van der Waals surface area contributed by atoms with Crippen molar-refractivity contribution in [3.05, 3.63) is 58.5 Å². The normalized spacial score (nSPS) is 11.0. The van der Waals surface area contributed by atoms with Gasteiger partial charge in [0.2, 0.25) is 0 Å². The maximum atomic E-state index is 13.3. The summed E-state index contributed by atoms with van der Waals surface area (Å²) in [5.74, 6) is -0.965. The maximum Gasteiger partial charge on any atom is 0.274 e. The van der Waals surface area contributed by atoms with Crippen molar-refractivity contribution in [2.24, 2.45) is 5.10 Å². The SMILES string of the molecule is Cc1cc(C(=O)N/N=C\c2c(F)cccc2F)c(C)o1. The van der Waals surface area contributed by atoms with Gasteiger partial charge in [0.15, 0.2) is 0 Å². The van der Waals surface area contributed by atoms with Crippen LogP contribution in [0.3, 0.4) is 0 Å². The van der Waals surface area contributed by atoms with E-state index in [0.29, 0.717) is 17.1 Å². The summed E-state index contributed by atoms with van der Waals surface area (Å²) in [4.78, 5) is 11.8. The molecular formula is C14H12F2N2O2. The molecule has 1 aromatic carbocycles. The molecule has 0 saturated heterocycles. The smallest absolute Gasteiger partial charge is 0.274 e. The Morgan fingerprint density at radius 3 is 2.50 bits per heavy atom. The highest BCUT2D eigenvalue weighted by Crippen LogP contribution is 2.13. The van der Waals surface area contributed by atoms with Gasteiger partial charge in [0.1, 0.15) is 23.2 Å². The molecular weight excluding hydrogens is 266 g/mol. The van der Waals surface area contributed by atoms with Crippen LogP contribution in [0.15, 0.2) is 33.8 Å². The molecule has 0 spiro atoms. The van der Waals surface area contributed by atoms with E-state index in [1.165, 1.54) is 6.07 Å². The van der Waals surface area contributed by atoms with Crippen molar-refractivity contribution in [2.75, 3.05) is 0 Å². The number of hydrazone groups is 1. The molecule has 6 heteroatoms. The van der Waals surface area contributed by atoms with Crippen molar-refractivity contribution < 1.29 is 18.0 Å². The van der Waals surface area contributed by atoms with Gasteiger partial charge in [-0.1, -0.05) is 6.07 Å². The molecule has 0 aliphatic heterocycles. The van der Waals surface area contributed by atoms with Gasteiger partial charge in [-0.15, -0.1) is 0 Å². The molecule has 0 unspecified atom stereocenters. The lowest BCUT2D eigenvalue weighted by Gasteiger charge is -1.99. The van der Waals surface area contributed by atoms with Crippen LogP contribution in [0.25, 0.3) is 0 Å². The van der Waals surface area contributed by atoms with Crippen LogP contribution in [0, 0.1) is 25.5 Å². The Morgan fingerprint density at radius 2 is 1.95 bits per heavy atom. The fraction of sp³-hybridized carbons (Fsp3) is 0.143. The number of hydrogen-bond donors (Lipinski definition) is 1. The van der Waals surface area contributed by atoms with Crippen molar-refractivity contribution in [3.63, 3.8) is 0 Å². The zero-order valence-electron chi connectivity index (χ0n) is 10.9. The Bertz CT molecular complexity index is 658. The number of halogens is 2. The van der Waals surface area contributed by atoms with Gasteiger partial charge in [0, 0.05) is 0 Å². The molecule has 1 amide bonds. The van der Waals surface area contributed by atoms with Gasteiger partial charge in [-0.2, -0.15) is 5.10 Å². The van der Waals surface area contributed by atoms with E-state index >= 15 is 0 Å².